The lowest BCUT2D eigenvalue weighted by Crippen LogP contribution is -2.49. The van der Waals surface area contributed by atoms with Crippen LogP contribution in [0.2, 0.25) is 10.0 Å². The summed E-state index contributed by atoms with van der Waals surface area (Å²) < 4.78 is 68.9. The number of sulfonamides is 2. The summed E-state index contributed by atoms with van der Waals surface area (Å²) in [5.74, 6) is 1.06. The minimum atomic E-state index is -3.79. The van der Waals surface area contributed by atoms with Gasteiger partial charge in [-0.2, -0.15) is 0 Å². The number of rotatable bonds is 0. The number of anilines is 2. The average molecular weight is 1170 g/mol. The molecule has 2 spiro atoms. The highest BCUT2D eigenvalue weighted by atomic mass is 35.5. The minimum absolute atomic E-state index is 0.0285. The molecule has 0 saturated heterocycles. The molecule has 4 saturated carbocycles. The second-order valence-electron chi connectivity index (χ2n) is 25.1. The van der Waals surface area contributed by atoms with E-state index < -0.39 is 44.1 Å². The van der Waals surface area contributed by atoms with Crippen molar-refractivity contribution in [3.05, 3.63) is 141 Å². The van der Waals surface area contributed by atoms with E-state index in [-0.39, 0.29) is 57.8 Å². The predicted molar refractivity (Wildman–Crippen MR) is 309 cm³/mol. The zero-order valence-corrected chi connectivity index (χ0v) is 47.9. The van der Waals surface area contributed by atoms with Crippen LogP contribution in [0.25, 0.3) is 0 Å². The molecule has 4 aromatic rings. The zero-order chi connectivity index (χ0) is 55.3. The molecule has 424 valence electrons. The van der Waals surface area contributed by atoms with Gasteiger partial charge in [0.15, 0.2) is 0 Å². The van der Waals surface area contributed by atoms with Crippen molar-refractivity contribution in [3.8, 4) is 11.5 Å². The predicted octanol–water partition coefficient (Wildman–Crippen LogP) is 8.93. The highest BCUT2D eigenvalue weighted by Gasteiger charge is 2.48. The molecule has 4 N–H and O–H groups in total. The summed E-state index contributed by atoms with van der Waals surface area (Å²) in [4.78, 5) is 31.0. The van der Waals surface area contributed by atoms with Gasteiger partial charge in [-0.15, -0.1) is 0 Å². The fourth-order valence-corrected chi connectivity index (χ4v) is 18.1. The number of fused-ring (bicyclic) bond motifs is 10. The Labute approximate surface area is 479 Å². The number of halogens is 2. The summed E-state index contributed by atoms with van der Waals surface area (Å²) in [7, 11) is -7.58. The van der Waals surface area contributed by atoms with Crippen LogP contribution >= 0.6 is 23.2 Å². The van der Waals surface area contributed by atoms with Crippen molar-refractivity contribution in [2.24, 2.45) is 47.3 Å². The number of carbonyl (C=O) groups excluding carboxylic acids is 2. The minimum Gasteiger partial charge on any atom is -0.490 e. The molecule has 4 aromatic carbocycles. The van der Waals surface area contributed by atoms with E-state index in [1.54, 1.807) is 36.4 Å². The third-order valence-electron chi connectivity index (χ3n) is 19.8. The lowest BCUT2D eigenvalue weighted by atomic mass is 9.68. The summed E-state index contributed by atoms with van der Waals surface area (Å²) >= 11 is 12.7. The fraction of sp³-hybridized carbons (Fsp3) is 0.516. The highest BCUT2D eigenvalue weighted by molar-refractivity contribution is 7.90. The number of aliphatic hydroxyl groups excluding tert-OH is 2. The molecule has 12 atom stereocenters. The Bertz CT molecular complexity index is 3210. The Morgan fingerprint density at radius 1 is 0.550 bits per heavy atom. The molecule has 0 radical (unpaired) electrons. The fourth-order valence-electron chi connectivity index (χ4n) is 14.9. The number of ether oxygens (including phenoxy) is 2. The molecule has 6 aliphatic carbocycles. The molecule has 4 heterocycles. The van der Waals surface area contributed by atoms with Gasteiger partial charge in [-0.1, -0.05) is 59.6 Å². The van der Waals surface area contributed by atoms with Gasteiger partial charge in [0.25, 0.3) is 11.8 Å². The third kappa shape index (κ3) is 10.8. The molecule has 0 aromatic heterocycles. The molecule has 0 unspecified atom stereocenters. The number of nitrogens with one attached hydrogen (secondary N) is 2. The van der Waals surface area contributed by atoms with E-state index in [1.807, 2.05) is 36.4 Å². The van der Waals surface area contributed by atoms with E-state index in [9.17, 15) is 36.6 Å². The molecule has 4 bridgehead atoms. The number of hydrogen-bond donors (Lipinski definition) is 4. The van der Waals surface area contributed by atoms with Crippen LogP contribution in [0, 0.1) is 47.3 Å². The van der Waals surface area contributed by atoms with Crippen molar-refractivity contribution >= 4 is 66.4 Å². The topological polar surface area (TPSA) is 192 Å². The number of benzene rings is 4. The standard InChI is InChI=1S/2C31H35ClN2O5S/c2*32-24-6-8-26-20(13-24)2-1-11-31(26)17-34-15-22-3-7-25(22)28(35)9-4-19-12-23(19)16-40(37,38)33-30(36)21-5-10-29(39-18-31)27(34)14-21/h2*4-6,8-10,13-14,19,22-23,25,28,35H,1-3,7,11-12,15-18H2,(H,33,36)/b2*9-4+/t19-,22+,23-,25-,28+,31+;19-,22-,23-,25+,28-,31-/m10/s1. The van der Waals surface area contributed by atoms with Crippen LogP contribution < -0.4 is 28.7 Å². The summed E-state index contributed by atoms with van der Waals surface area (Å²) in [6.45, 7) is 3.88. The molecular formula is C62H70Cl2N4O10S2. The van der Waals surface area contributed by atoms with Crippen molar-refractivity contribution < 1.29 is 46.1 Å². The van der Waals surface area contributed by atoms with Gasteiger partial charge < -0.3 is 29.5 Å². The molecule has 4 fully saturated rings. The number of carbonyl (C=O) groups is 2. The Balaban J connectivity index is 0.000000151. The molecule has 10 aliphatic rings. The van der Waals surface area contributed by atoms with Crippen LogP contribution in [0.15, 0.2) is 97.1 Å². The van der Waals surface area contributed by atoms with Crippen molar-refractivity contribution in [1.82, 2.24) is 9.44 Å². The normalized spacial score (nSPS) is 35.1. The largest absolute Gasteiger partial charge is 0.490 e. The van der Waals surface area contributed by atoms with E-state index >= 15 is 0 Å². The molecule has 80 heavy (non-hydrogen) atoms. The smallest absolute Gasteiger partial charge is 0.264 e. The van der Waals surface area contributed by atoms with Gasteiger partial charge >= 0.3 is 0 Å². The van der Waals surface area contributed by atoms with Crippen molar-refractivity contribution in [2.75, 3.05) is 60.7 Å². The van der Waals surface area contributed by atoms with Gasteiger partial charge in [-0.05, 0) is 207 Å². The van der Waals surface area contributed by atoms with Gasteiger partial charge in [0.2, 0.25) is 20.0 Å². The first kappa shape index (κ1) is 54.2. The Kier molecular flexibility index (Phi) is 14.2. The quantitative estimate of drug-likeness (QED) is 0.123. The van der Waals surface area contributed by atoms with Crippen LogP contribution in [0.5, 0.6) is 11.5 Å². The molecule has 14 rings (SSSR count). The van der Waals surface area contributed by atoms with Gasteiger partial charge in [-0.3, -0.25) is 9.59 Å². The second-order valence-corrected chi connectivity index (χ2v) is 29.5. The second kappa shape index (κ2) is 21.0. The third-order valence-corrected chi connectivity index (χ3v) is 23.0. The monoisotopic (exact) mass is 1160 g/mol. The number of allylic oxidation sites excluding steroid dienone is 2. The molecule has 18 heteroatoms. The first-order valence-electron chi connectivity index (χ1n) is 28.8. The van der Waals surface area contributed by atoms with Crippen LogP contribution in [0.3, 0.4) is 0 Å². The maximum absolute atomic E-state index is 13.2. The molecule has 4 aliphatic heterocycles. The molecular weight excluding hydrogens is 1100 g/mol. The number of hydrogen-bond acceptors (Lipinski definition) is 12. The van der Waals surface area contributed by atoms with Crippen LogP contribution in [0.1, 0.15) is 107 Å². The Morgan fingerprint density at radius 3 is 1.40 bits per heavy atom. The zero-order valence-electron chi connectivity index (χ0n) is 44.8. The maximum Gasteiger partial charge on any atom is 0.264 e. The van der Waals surface area contributed by atoms with E-state index in [1.165, 1.54) is 22.3 Å². The average Bonchev–Trinajstić information content (AvgIpc) is 4.35. The number of amides is 2. The maximum atomic E-state index is 13.2. The van der Waals surface area contributed by atoms with Crippen LogP contribution in [-0.4, -0.2) is 102 Å². The van der Waals surface area contributed by atoms with E-state index in [4.69, 9.17) is 32.7 Å². The van der Waals surface area contributed by atoms with E-state index in [2.05, 4.69) is 43.5 Å². The summed E-state index contributed by atoms with van der Waals surface area (Å²) in [6, 6.07) is 22.8. The first-order valence-corrected chi connectivity index (χ1v) is 32.9. The van der Waals surface area contributed by atoms with E-state index in [0.29, 0.717) is 60.8 Å². The molecule has 14 nitrogen and oxygen atoms in total. The molecule has 2 amide bonds. The number of aliphatic hydroxyl groups is 2. The van der Waals surface area contributed by atoms with E-state index in [0.717, 1.165) is 112 Å². The summed E-state index contributed by atoms with van der Waals surface area (Å²) in [5.41, 5.74) is 6.74. The lowest BCUT2D eigenvalue weighted by Gasteiger charge is -2.45. The SMILES string of the molecule is O=C1NS(=O)(=O)C[C@@H]2C[C@@H]2/C=C/[C@H](O)[C@@H]2CC[C@H]2CN2C[C@@]3(CCCc4cc(Cl)ccc43)COc3ccc1cc32.O=C1NS(=O)(=O)C[C@H]2C[C@H]2/C=C/[C@H](O)[C@@H]2CC[C@H]2CN2C[C@@]3(CCCc4cc(Cl)ccc43)COc3ccc1cc32. The van der Waals surface area contributed by atoms with Crippen molar-refractivity contribution in [3.63, 3.8) is 0 Å². The van der Waals surface area contributed by atoms with Gasteiger partial charge in [0, 0.05) is 58.2 Å². The summed E-state index contributed by atoms with van der Waals surface area (Å²) in [5, 5.41) is 23.6. The Hall–Kier alpha value is -5.10. The number of nitrogens with zero attached hydrogens (tertiary/aromatic N) is 2. The lowest BCUT2D eigenvalue weighted by molar-refractivity contribution is 0.0454. The number of aryl methyl sites for hydroxylation is 2. The van der Waals surface area contributed by atoms with Gasteiger partial charge in [-0.25, -0.2) is 26.3 Å². The van der Waals surface area contributed by atoms with Crippen LogP contribution in [-0.2, 0) is 43.7 Å². The van der Waals surface area contributed by atoms with Crippen molar-refractivity contribution in [2.45, 2.75) is 100 Å². The summed E-state index contributed by atoms with van der Waals surface area (Å²) in [6.07, 6.45) is 18.1. The van der Waals surface area contributed by atoms with Crippen molar-refractivity contribution in [1.29, 1.82) is 0 Å². The van der Waals surface area contributed by atoms with Gasteiger partial charge in [0.1, 0.15) is 11.5 Å². The van der Waals surface area contributed by atoms with Crippen LogP contribution in [0.4, 0.5) is 11.4 Å². The first-order chi connectivity index (χ1) is 38.4. The Morgan fingerprint density at radius 2 is 0.988 bits per heavy atom. The van der Waals surface area contributed by atoms with Gasteiger partial charge in [0.05, 0.1) is 48.3 Å². The highest BCUT2D eigenvalue weighted by Crippen LogP contribution is 2.50.